The first-order valence-electron chi connectivity index (χ1n) is 7.65. The van der Waals surface area contributed by atoms with Crippen LogP contribution in [0, 0.1) is 0 Å². The lowest BCUT2D eigenvalue weighted by Crippen LogP contribution is -2.06. The van der Waals surface area contributed by atoms with E-state index in [0.29, 0.717) is 6.61 Å². The Morgan fingerprint density at radius 3 is 2.91 bits per heavy atom. The van der Waals surface area contributed by atoms with E-state index in [1.165, 1.54) is 10.9 Å². The molecule has 0 amide bonds. The summed E-state index contributed by atoms with van der Waals surface area (Å²) in [5, 5.41) is 1.22. The van der Waals surface area contributed by atoms with Gasteiger partial charge >= 0.3 is 0 Å². The van der Waals surface area contributed by atoms with Gasteiger partial charge in [-0.1, -0.05) is 18.2 Å². The summed E-state index contributed by atoms with van der Waals surface area (Å²) in [4.78, 5) is 7.25. The van der Waals surface area contributed by atoms with Crippen LogP contribution in [0.25, 0.3) is 22.0 Å². The number of ether oxygens (including phenoxy) is 1. The van der Waals surface area contributed by atoms with Crippen molar-refractivity contribution < 1.29 is 4.74 Å². The molecule has 2 heterocycles. The number of fused-ring (bicyclic) bond motifs is 1. The van der Waals surface area contributed by atoms with Gasteiger partial charge in [-0.2, -0.15) is 0 Å². The molecule has 0 saturated carbocycles. The Kier molecular flexibility index (Phi) is 3.56. The van der Waals surface area contributed by atoms with Crippen LogP contribution in [0.1, 0.15) is 0 Å². The van der Waals surface area contributed by atoms with Gasteiger partial charge in [0, 0.05) is 24.1 Å². The van der Waals surface area contributed by atoms with Crippen LogP contribution in [-0.4, -0.2) is 21.1 Å². The maximum atomic E-state index is 5.86. The molecule has 0 aliphatic carbocycles. The average Bonchev–Trinajstić information content (AvgIpc) is 3.26. The molecule has 0 aliphatic heterocycles. The third-order valence-electron chi connectivity index (χ3n) is 3.90. The maximum Gasteiger partial charge on any atom is 0.120 e. The third-order valence-corrected chi connectivity index (χ3v) is 3.90. The summed E-state index contributed by atoms with van der Waals surface area (Å²) in [7, 11) is 0. The lowest BCUT2D eigenvalue weighted by atomic mass is 10.0. The van der Waals surface area contributed by atoms with Crippen LogP contribution < -0.4 is 4.74 Å². The van der Waals surface area contributed by atoms with Crippen molar-refractivity contribution in [1.82, 2.24) is 14.5 Å². The third kappa shape index (κ3) is 2.97. The number of nitrogens with zero attached hydrogens (tertiary/aromatic N) is 2. The van der Waals surface area contributed by atoms with Gasteiger partial charge in [-0.3, -0.25) is 0 Å². The van der Waals surface area contributed by atoms with E-state index in [2.05, 4.69) is 46.4 Å². The molecular formula is C19H17N3O. The maximum absolute atomic E-state index is 5.86. The van der Waals surface area contributed by atoms with Gasteiger partial charge in [0.2, 0.25) is 0 Å². The molecule has 0 saturated heterocycles. The Balaban J connectivity index is 1.51. The molecule has 4 rings (SSSR count). The van der Waals surface area contributed by atoms with E-state index < -0.39 is 0 Å². The van der Waals surface area contributed by atoms with Crippen molar-refractivity contribution >= 4 is 10.9 Å². The molecular weight excluding hydrogens is 286 g/mol. The minimum absolute atomic E-state index is 0.622. The molecule has 0 spiro atoms. The zero-order chi connectivity index (χ0) is 15.5. The van der Waals surface area contributed by atoms with Gasteiger partial charge < -0.3 is 14.3 Å². The van der Waals surface area contributed by atoms with Crippen LogP contribution >= 0.6 is 0 Å². The summed E-state index contributed by atoms with van der Waals surface area (Å²) < 4.78 is 7.86. The SMILES string of the molecule is c1cc(OCCn2ccnc2)cc(-c2ccc3[nH]ccc3c2)c1. The zero-order valence-electron chi connectivity index (χ0n) is 12.6. The number of aromatic amines is 1. The second-order valence-corrected chi connectivity index (χ2v) is 5.46. The lowest BCUT2D eigenvalue weighted by Gasteiger charge is -2.09. The van der Waals surface area contributed by atoms with Crippen molar-refractivity contribution in [2.24, 2.45) is 0 Å². The minimum atomic E-state index is 0.622. The Labute approximate surface area is 134 Å². The Morgan fingerprint density at radius 2 is 2.00 bits per heavy atom. The quantitative estimate of drug-likeness (QED) is 0.603. The molecule has 0 bridgehead atoms. The highest BCUT2D eigenvalue weighted by Gasteiger charge is 2.02. The monoisotopic (exact) mass is 303 g/mol. The van der Waals surface area contributed by atoms with E-state index >= 15 is 0 Å². The van der Waals surface area contributed by atoms with Crippen LogP contribution in [-0.2, 0) is 6.54 Å². The largest absolute Gasteiger partial charge is 0.492 e. The number of H-pyrrole nitrogens is 1. The predicted octanol–water partition coefficient (Wildman–Crippen LogP) is 4.11. The van der Waals surface area contributed by atoms with Crippen LogP contribution in [0.15, 0.2) is 73.4 Å². The summed E-state index contributed by atoms with van der Waals surface area (Å²) in [6, 6.07) is 16.7. The molecule has 4 heteroatoms. The van der Waals surface area contributed by atoms with E-state index in [0.717, 1.165) is 23.4 Å². The van der Waals surface area contributed by atoms with Gasteiger partial charge in [-0.05, 0) is 46.8 Å². The summed E-state index contributed by atoms with van der Waals surface area (Å²) in [6.45, 7) is 1.41. The summed E-state index contributed by atoms with van der Waals surface area (Å²) in [5.74, 6) is 0.886. The standard InChI is InChI=1S/C19H17N3O/c1-2-15(16-4-5-19-17(12-16)6-7-21-19)13-18(3-1)23-11-10-22-9-8-20-14-22/h1-9,12-14,21H,10-11H2. The molecule has 0 radical (unpaired) electrons. The van der Waals surface area contributed by atoms with E-state index in [9.17, 15) is 0 Å². The molecule has 2 aromatic carbocycles. The molecule has 114 valence electrons. The summed E-state index contributed by atoms with van der Waals surface area (Å²) >= 11 is 0. The van der Waals surface area contributed by atoms with Crippen molar-refractivity contribution in [1.29, 1.82) is 0 Å². The smallest absolute Gasteiger partial charge is 0.120 e. The van der Waals surface area contributed by atoms with Crippen molar-refractivity contribution in [2.75, 3.05) is 6.61 Å². The van der Waals surface area contributed by atoms with Crippen LogP contribution in [0.4, 0.5) is 0 Å². The highest BCUT2D eigenvalue weighted by atomic mass is 16.5. The Bertz CT molecular complexity index is 909. The van der Waals surface area contributed by atoms with Gasteiger partial charge in [-0.15, -0.1) is 0 Å². The molecule has 0 atom stereocenters. The average molecular weight is 303 g/mol. The second kappa shape index (κ2) is 6.01. The molecule has 0 aliphatic rings. The number of hydrogen-bond donors (Lipinski definition) is 1. The van der Waals surface area contributed by atoms with Gasteiger partial charge in [-0.25, -0.2) is 4.98 Å². The number of benzene rings is 2. The van der Waals surface area contributed by atoms with E-state index in [1.807, 2.05) is 29.1 Å². The predicted molar refractivity (Wildman–Crippen MR) is 91.5 cm³/mol. The fraction of sp³-hybridized carbons (Fsp3) is 0.105. The van der Waals surface area contributed by atoms with Gasteiger partial charge in [0.25, 0.3) is 0 Å². The van der Waals surface area contributed by atoms with Gasteiger partial charge in [0.15, 0.2) is 0 Å². The van der Waals surface area contributed by atoms with Gasteiger partial charge in [0.05, 0.1) is 12.9 Å². The lowest BCUT2D eigenvalue weighted by molar-refractivity contribution is 0.298. The van der Waals surface area contributed by atoms with Gasteiger partial charge in [0.1, 0.15) is 12.4 Å². The van der Waals surface area contributed by atoms with Crippen LogP contribution in [0.5, 0.6) is 5.75 Å². The molecule has 4 aromatic rings. The highest BCUT2D eigenvalue weighted by Crippen LogP contribution is 2.26. The van der Waals surface area contributed by atoms with Crippen LogP contribution in [0.3, 0.4) is 0 Å². The number of nitrogens with one attached hydrogen (secondary N) is 1. The first-order chi connectivity index (χ1) is 11.4. The van der Waals surface area contributed by atoms with Crippen LogP contribution in [0.2, 0.25) is 0 Å². The van der Waals surface area contributed by atoms with Crippen molar-refractivity contribution in [3.63, 3.8) is 0 Å². The number of hydrogen-bond acceptors (Lipinski definition) is 2. The number of aromatic nitrogens is 3. The van der Waals surface area contributed by atoms with E-state index in [1.54, 1.807) is 12.5 Å². The number of imidazole rings is 1. The highest BCUT2D eigenvalue weighted by molar-refractivity contribution is 5.85. The zero-order valence-corrected chi connectivity index (χ0v) is 12.6. The number of rotatable bonds is 5. The van der Waals surface area contributed by atoms with Crippen molar-refractivity contribution in [3.8, 4) is 16.9 Å². The Morgan fingerprint density at radius 1 is 1.04 bits per heavy atom. The first kappa shape index (κ1) is 13.6. The molecule has 1 N–H and O–H groups in total. The minimum Gasteiger partial charge on any atom is -0.492 e. The molecule has 4 nitrogen and oxygen atoms in total. The van der Waals surface area contributed by atoms with E-state index in [-0.39, 0.29) is 0 Å². The van der Waals surface area contributed by atoms with Crippen molar-refractivity contribution in [3.05, 3.63) is 73.4 Å². The summed E-state index contributed by atoms with van der Waals surface area (Å²) in [5.41, 5.74) is 3.51. The topological polar surface area (TPSA) is 42.8 Å². The fourth-order valence-electron chi connectivity index (χ4n) is 2.69. The second-order valence-electron chi connectivity index (χ2n) is 5.46. The Hall–Kier alpha value is -3.01. The molecule has 0 unspecified atom stereocenters. The molecule has 23 heavy (non-hydrogen) atoms. The summed E-state index contributed by atoms with van der Waals surface area (Å²) in [6.07, 6.45) is 7.47. The molecule has 0 fully saturated rings. The van der Waals surface area contributed by atoms with Crippen molar-refractivity contribution in [2.45, 2.75) is 6.54 Å². The normalized spacial score (nSPS) is 11.0. The first-order valence-corrected chi connectivity index (χ1v) is 7.65. The van der Waals surface area contributed by atoms with E-state index in [4.69, 9.17) is 4.74 Å². The molecule has 2 aromatic heterocycles. The fourth-order valence-corrected chi connectivity index (χ4v) is 2.69.